The van der Waals surface area contributed by atoms with Gasteiger partial charge in [0.2, 0.25) is 5.91 Å². The Morgan fingerprint density at radius 2 is 1.52 bits per heavy atom. The van der Waals surface area contributed by atoms with Crippen LogP contribution in [-0.4, -0.2) is 22.6 Å². The van der Waals surface area contributed by atoms with Gasteiger partial charge in [-0.25, -0.2) is 4.98 Å². The van der Waals surface area contributed by atoms with Crippen molar-refractivity contribution in [3.8, 4) is 0 Å². The van der Waals surface area contributed by atoms with Gasteiger partial charge in [-0.2, -0.15) is 0 Å². The summed E-state index contributed by atoms with van der Waals surface area (Å²) < 4.78 is 0. The van der Waals surface area contributed by atoms with E-state index >= 15 is 0 Å². The van der Waals surface area contributed by atoms with Crippen LogP contribution < -0.4 is 10.6 Å². The molecule has 5 heteroatoms. The van der Waals surface area contributed by atoms with E-state index in [0.29, 0.717) is 11.6 Å². The summed E-state index contributed by atoms with van der Waals surface area (Å²) in [6.07, 6.45) is 0. The minimum atomic E-state index is -0.631. The monoisotopic (exact) mass is 333 g/mol. The number of amides is 1. The molecule has 0 saturated carbocycles. The second kappa shape index (κ2) is 8.08. The maximum Gasteiger partial charge on any atom is 0.235 e. The summed E-state index contributed by atoms with van der Waals surface area (Å²) in [6, 6.07) is 24.2. The Morgan fingerprint density at radius 3 is 2.20 bits per heavy atom. The van der Waals surface area contributed by atoms with Crippen molar-refractivity contribution >= 4 is 23.2 Å². The van der Waals surface area contributed by atoms with Crippen LogP contribution in [0, 0.1) is 0 Å². The SMILES string of the molecule is O=C(Nc1cccc(Nc2ccccc2)n1)C(CO)c1ccccc1. The van der Waals surface area contributed by atoms with E-state index in [9.17, 15) is 9.90 Å². The summed E-state index contributed by atoms with van der Waals surface area (Å²) >= 11 is 0. The van der Waals surface area contributed by atoms with Gasteiger partial charge in [0.15, 0.2) is 0 Å². The molecule has 1 heterocycles. The Bertz CT molecular complexity index is 823. The maximum absolute atomic E-state index is 12.5. The van der Waals surface area contributed by atoms with Gasteiger partial charge in [0.05, 0.1) is 12.5 Å². The average molecular weight is 333 g/mol. The largest absolute Gasteiger partial charge is 0.395 e. The van der Waals surface area contributed by atoms with Crippen LogP contribution in [0.4, 0.5) is 17.3 Å². The zero-order valence-electron chi connectivity index (χ0n) is 13.6. The first kappa shape index (κ1) is 16.7. The number of hydrogen-bond acceptors (Lipinski definition) is 4. The number of anilines is 3. The van der Waals surface area contributed by atoms with Gasteiger partial charge in [-0.15, -0.1) is 0 Å². The number of para-hydroxylation sites is 1. The Labute approximate surface area is 146 Å². The maximum atomic E-state index is 12.5. The number of nitrogens with one attached hydrogen (secondary N) is 2. The number of pyridine rings is 1. The Morgan fingerprint density at radius 1 is 0.880 bits per heavy atom. The Hall–Kier alpha value is -3.18. The van der Waals surface area contributed by atoms with Gasteiger partial charge in [-0.3, -0.25) is 4.79 Å². The number of nitrogens with zero attached hydrogens (tertiary/aromatic N) is 1. The van der Waals surface area contributed by atoms with Gasteiger partial charge in [-0.1, -0.05) is 54.6 Å². The fourth-order valence-electron chi connectivity index (χ4n) is 2.48. The van der Waals surface area contributed by atoms with E-state index in [-0.39, 0.29) is 12.5 Å². The lowest BCUT2D eigenvalue weighted by molar-refractivity contribution is -0.118. The van der Waals surface area contributed by atoms with Crippen LogP contribution >= 0.6 is 0 Å². The first-order valence-corrected chi connectivity index (χ1v) is 8.02. The van der Waals surface area contributed by atoms with Crippen LogP contribution in [0.5, 0.6) is 0 Å². The fourth-order valence-corrected chi connectivity index (χ4v) is 2.48. The third-order valence-corrected chi connectivity index (χ3v) is 3.75. The third-order valence-electron chi connectivity index (χ3n) is 3.75. The number of aliphatic hydroxyl groups excluding tert-OH is 1. The highest BCUT2D eigenvalue weighted by Crippen LogP contribution is 2.19. The van der Waals surface area contributed by atoms with Crippen molar-refractivity contribution in [3.63, 3.8) is 0 Å². The highest BCUT2D eigenvalue weighted by molar-refractivity contribution is 5.95. The molecule has 5 nitrogen and oxygen atoms in total. The fraction of sp³-hybridized carbons (Fsp3) is 0.100. The number of benzene rings is 2. The average Bonchev–Trinajstić information content (AvgIpc) is 2.64. The molecule has 2 aromatic carbocycles. The summed E-state index contributed by atoms with van der Waals surface area (Å²) in [5.41, 5.74) is 1.68. The number of carbonyl (C=O) groups is 1. The van der Waals surface area contributed by atoms with Crippen molar-refractivity contribution in [2.45, 2.75) is 5.92 Å². The topological polar surface area (TPSA) is 74.2 Å². The number of aliphatic hydroxyl groups is 1. The molecule has 0 saturated heterocycles. The highest BCUT2D eigenvalue weighted by Gasteiger charge is 2.20. The van der Waals surface area contributed by atoms with Crippen LogP contribution in [0.3, 0.4) is 0 Å². The van der Waals surface area contributed by atoms with Crippen LogP contribution in [0.15, 0.2) is 78.9 Å². The molecule has 1 amide bonds. The molecule has 3 aromatic rings. The van der Waals surface area contributed by atoms with Crippen LogP contribution in [0.2, 0.25) is 0 Å². The molecule has 0 radical (unpaired) electrons. The van der Waals surface area contributed by atoms with E-state index in [2.05, 4.69) is 15.6 Å². The van der Waals surface area contributed by atoms with Crippen molar-refractivity contribution in [1.29, 1.82) is 0 Å². The molecule has 0 aliphatic heterocycles. The summed E-state index contributed by atoms with van der Waals surface area (Å²) in [6.45, 7) is -0.266. The predicted octanol–water partition coefficient (Wildman–Crippen LogP) is 3.54. The van der Waals surface area contributed by atoms with Gasteiger partial charge in [0.1, 0.15) is 11.6 Å². The lowest BCUT2D eigenvalue weighted by atomic mass is 9.99. The molecule has 1 aromatic heterocycles. The zero-order chi connectivity index (χ0) is 17.5. The molecule has 3 rings (SSSR count). The molecule has 25 heavy (non-hydrogen) atoms. The van der Waals surface area contributed by atoms with Gasteiger partial charge in [0, 0.05) is 5.69 Å². The zero-order valence-corrected chi connectivity index (χ0v) is 13.6. The minimum Gasteiger partial charge on any atom is -0.395 e. The summed E-state index contributed by atoms with van der Waals surface area (Å²) in [4.78, 5) is 16.9. The van der Waals surface area contributed by atoms with Gasteiger partial charge in [-0.05, 0) is 29.8 Å². The molecule has 0 aliphatic carbocycles. The molecule has 126 valence electrons. The summed E-state index contributed by atoms with van der Waals surface area (Å²) in [5, 5.41) is 15.5. The predicted molar refractivity (Wildman–Crippen MR) is 98.9 cm³/mol. The van der Waals surface area contributed by atoms with E-state index in [1.807, 2.05) is 72.8 Å². The van der Waals surface area contributed by atoms with Crippen molar-refractivity contribution in [2.75, 3.05) is 17.2 Å². The van der Waals surface area contributed by atoms with E-state index in [1.165, 1.54) is 0 Å². The van der Waals surface area contributed by atoms with E-state index < -0.39 is 5.92 Å². The van der Waals surface area contributed by atoms with Gasteiger partial charge < -0.3 is 15.7 Å². The minimum absolute atomic E-state index is 0.266. The second-order valence-electron chi connectivity index (χ2n) is 5.53. The molecule has 3 N–H and O–H groups in total. The molecule has 0 aliphatic rings. The smallest absolute Gasteiger partial charge is 0.235 e. The van der Waals surface area contributed by atoms with Gasteiger partial charge >= 0.3 is 0 Å². The number of rotatable bonds is 6. The number of carbonyl (C=O) groups excluding carboxylic acids is 1. The quantitative estimate of drug-likeness (QED) is 0.645. The van der Waals surface area contributed by atoms with E-state index in [0.717, 1.165) is 11.3 Å². The third kappa shape index (κ3) is 4.43. The van der Waals surface area contributed by atoms with Crippen LogP contribution in [0.25, 0.3) is 0 Å². The number of aromatic nitrogens is 1. The highest BCUT2D eigenvalue weighted by atomic mass is 16.3. The second-order valence-corrected chi connectivity index (χ2v) is 5.53. The normalized spacial score (nSPS) is 11.6. The van der Waals surface area contributed by atoms with E-state index in [1.54, 1.807) is 6.07 Å². The van der Waals surface area contributed by atoms with Gasteiger partial charge in [0.25, 0.3) is 0 Å². The molecule has 0 fully saturated rings. The molecule has 0 bridgehead atoms. The summed E-state index contributed by atoms with van der Waals surface area (Å²) in [7, 11) is 0. The lowest BCUT2D eigenvalue weighted by Crippen LogP contribution is -2.24. The standard InChI is InChI=1S/C20H19N3O2/c24-14-17(15-8-3-1-4-9-15)20(25)23-19-13-7-12-18(22-19)21-16-10-5-2-6-11-16/h1-13,17,24H,14H2,(H2,21,22,23,25). The lowest BCUT2D eigenvalue weighted by Gasteiger charge is -2.15. The molecular formula is C20H19N3O2. The van der Waals surface area contributed by atoms with Crippen molar-refractivity contribution in [1.82, 2.24) is 4.98 Å². The molecular weight excluding hydrogens is 314 g/mol. The Kier molecular flexibility index (Phi) is 5.39. The molecule has 1 atom stereocenters. The Balaban J connectivity index is 1.72. The summed E-state index contributed by atoms with van der Waals surface area (Å²) in [5.74, 6) is 0.136. The first-order valence-electron chi connectivity index (χ1n) is 8.02. The van der Waals surface area contributed by atoms with Crippen LogP contribution in [-0.2, 0) is 4.79 Å². The molecule has 0 spiro atoms. The number of hydrogen-bond donors (Lipinski definition) is 3. The van der Waals surface area contributed by atoms with Crippen molar-refractivity contribution < 1.29 is 9.90 Å². The van der Waals surface area contributed by atoms with E-state index in [4.69, 9.17) is 0 Å². The van der Waals surface area contributed by atoms with Crippen LogP contribution in [0.1, 0.15) is 11.5 Å². The van der Waals surface area contributed by atoms with Crippen molar-refractivity contribution in [2.24, 2.45) is 0 Å². The molecule has 1 unspecified atom stereocenters. The first-order chi connectivity index (χ1) is 12.3. The van der Waals surface area contributed by atoms with Crippen molar-refractivity contribution in [3.05, 3.63) is 84.4 Å².